The second-order valence-electron chi connectivity index (χ2n) is 5.23. The average Bonchev–Trinajstić information content (AvgIpc) is 2.29. The molecule has 0 aromatic carbocycles. The van der Waals surface area contributed by atoms with Crippen molar-refractivity contribution in [1.82, 2.24) is 4.98 Å². The van der Waals surface area contributed by atoms with E-state index >= 15 is 0 Å². The molecule has 0 aliphatic heterocycles. The van der Waals surface area contributed by atoms with Crippen LogP contribution in [0.1, 0.15) is 50.2 Å². The Morgan fingerprint density at radius 3 is 3.00 bits per heavy atom. The van der Waals surface area contributed by atoms with E-state index < -0.39 is 0 Å². The number of allylic oxidation sites excluding steroid dienone is 2. The summed E-state index contributed by atoms with van der Waals surface area (Å²) in [6, 6.07) is 2.09. The fraction of sp³-hybridized carbons (Fsp3) is 0.533. The molecule has 0 amide bonds. The van der Waals surface area contributed by atoms with Crippen molar-refractivity contribution in [2.45, 2.75) is 45.4 Å². The number of pyridine rings is 1. The lowest BCUT2D eigenvalue weighted by Crippen LogP contribution is -2.10. The molecule has 1 aromatic rings. The molecular weight excluding hydrogens is 213 g/mol. The highest BCUT2D eigenvalue weighted by Gasteiger charge is 2.18. The van der Waals surface area contributed by atoms with E-state index in [4.69, 9.17) is 0 Å². The monoisotopic (exact) mass is 233 g/mol. The second-order valence-corrected chi connectivity index (χ2v) is 5.23. The van der Waals surface area contributed by atoms with Crippen molar-refractivity contribution in [3.63, 3.8) is 0 Å². The van der Waals surface area contributed by atoms with E-state index in [1.807, 2.05) is 12.4 Å². The van der Waals surface area contributed by atoms with Gasteiger partial charge in [-0.25, -0.2) is 4.39 Å². The highest BCUT2D eigenvalue weighted by molar-refractivity contribution is 5.27. The van der Waals surface area contributed by atoms with Gasteiger partial charge in [0.2, 0.25) is 0 Å². The van der Waals surface area contributed by atoms with Gasteiger partial charge < -0.3 is 0 Å². The van der Waals surface area contributed by atoms with Gasteiger partial charge in [0, 0.05) is 18.8 Å². The topological polar surface area (TPSA) is 12.9 Å². The van der Waals surface area contributed by atoms with Gasteiger partial charge in [0.05, 0.1) is 5.83 Å². The van der Waals surface area contributed by atoms with Gasteiger partial charge in [-0.1, -0.05) is 19.9 Å². The third-order valence-electron chi connectivity index (χ3n) is 3.50. The summed E-state index contributed by atoms with van der Waals surface area (Å²) in [5.74, 6) is 1.02. The molecule has 0 N–H and O–H groups in total. The van der Waals surface area contributed by atoms with E-state index in [-0.39, 0.29) is 5.83 Å². The summed E-state index contributed by atoms with van der Waals surface area (Å²) in [5.41, 5.74) is 2.65. The fourth-order valence-corrected chi connectivity index (χ4v) is 2.59. The number of rotatable bonds is 3. The Morgan fingerprint density at radius 1 is 1.47 bits per heavy atom. The molecule has 1 atom stereocenters. The molecule has 0 bridgehead atoms. The van der Waals surface area contributed by atoms with E-state index in [1.54, 1.807) is 6.08 Å². The fourth-order valence-electron chi connectivity index (χ4n) is 2.59. The summed E-state index contributed by atoms with van der Waals surface area (Å²) < 4.78 is 13.2. The zero-order valence-corrected chi connectivity index (χ0v) is 10.6. The molecule has 1 aliphatic rings. The van der Waals surface area contributed by atoms with Crippen molar-refractivity contribution in [3.05, 3.63) is 41.5 Å². The van der Waals surface area contributed by atoms with Gasteiger partial charge in [-0.2, -0.15) is 0 Å². The lowest BCUT2D eigenvalue weighted by molar-refractivity contribution is 0.405. The normalized spacial score (nSPS) is 20.5. The predicted molar refractivity (Wildman–Crippen MR) is 68.6 cm³/mol. The number of aromatic nitrogens is 1. The van der Waals surface area contributed by atoms with Gasteiger partial charge in [-0.05, 0) is 48.3 Å². The molecule has 1 unspecified atom stereocenters. The molecule has 0 saturated heterocycles. The largest absolute Gasteiger partial charge is 0.264 e. The molecule has 0 saturated carbocycles. The third kappa shape index (κ3) is 3.15. The van der Waals surface area contributed by atoms with Crippen molar-refractivity contribution < 1.29 is 4.39 Å². The van der Waals surface area contributed by atoms with Gasteiger partial charge in [-0.3, -0.25) is 4.98 Å². The minimum Gasteiger partial charge on any atom is -0.264 e. The molecule has 92 valence electrons. The summed E-state index contributed by atoms with van der Waals surface area (Å²) in [6.45, 7) is 4.39. The van der Waals surface area contributed by atoms with Crippen LogP contribution in [0.15, 0.2) is 30.4 Å². The zero-order chi connectivity index (χ0) is 12.3. The molecule has 1 aromatic heterocycles. The van der Waals surface area contributed by atoms with Crippen LogP contribution in [0, 0.1) is 5.92 Å². The maximum absolute atomic E-state index is 13.2. The Morgan fingerprint density at radius 2 is 2.29 bits per heavy atom. The van der Waals surface area contributed by atoms with Crippen LogP contribution in [0.2, 0.25) is 0 Å². The molecule has 2 heteroatoms. The predicted octanol–water partition coefficient (Wildman–Crippen LogP) is 4.40. The van der Waals surface area contributed by atoms with Crippen molar-refractivity contribution in [2.75, 3.05) is 0 Å². The maximum Gasteiger partial charge on any atom is 0.0962 e. The van der Waals surface area contributed by atoms with E-state index in [2.05, 4.69) is 24.9 Å². The van der Waals surface area contributed by atoms with Crippen LogP contribution >= 0.6 is 0 Å². The van der Waals surface area contributed by atoms with Crippen LogP contribution in [-0.4, -0.2) is 4.98 Å². The SMILES string of the molecule is CC(C)c1ccncc1CC1CCC=C(F)C1. The second kappa shape index (κ2) is 5.44. The van der Waals surface area contributed by atoms with Crippen LogP contribution < -0.4 is 0 Å². The first-order valence-electron chi connectivity index (χ1n) is 6.44. The van der Waals surface area contributed by atoms with Crippen LogP contribution in [0.25, 0.3) is 0 Å². The number of nitrogens with zero attached hydrogens (tertiary/aromatic N) is 1. The lowest BCUT2D eigenvalue weighted by atomic mass is 9.85. The number of hydrogen-bond donors (Lipinski definition) is 0. The van der Waals surface area contributed by atoms with Gasteiger partial charge in [0.25, 0.3) is 0 Å². The van der Waals surface area contributed by atoms with Crippen molar-refractivity contribution >= 4 is 0 Å². The van der Waals surface area contributed by atoms with Gasteiger partial charge in [-0.15, -0.1) is 0 Å². The first-order chi connectivity index (χ1) is 8.16. The molecule has 1 aliphatic carbocycles. The summed E-state index contributed by atoms with van der Waals surface area (Å²) in [6.07, 6.45) is 9.07. The smallest absolute Gasteiger partial charge is 0.0962 e. The van der Waals surface area contributed by atoms with Crippen LogP contribution in [0.4, 0.5) is 4.39 Å². The molecule has 17 heavy (non-hydrogen) atoms. The van der Waals surface area contributed by atoms with E-state index in [0.29, 0.717) is 18.3 Å². The third-order valence-corrected chi connectivity index (χ3v) is 3.50. The van der Waals surface area contributed by atoms with Crippen LogP contribution in [0.3, 0.4) is 0 Å². The van der Waals surface area contributed by atoms with Crippen molar-refractivity contribution in [2.24, 2.45) is 5.92 Å². The number of hydrogen-bond acceptors (Lipinski definition) is 1. The van der Waals surface area contributed by atoms with Crippen molar-refractivity contribution in [3.8, 4) is 0 Å². The highest BCUT2D eigenvalue weighted by atomic mass is 19.1. The number of halogens is 1. The molecule has 1 heterocycles. The Labute approximate surface area is 103 Å². The Balaban J connectivity index is 2.11. The highest BCUT2D eigenvalue weighted by Crippen LogP contribution is 2.30. The first kappa shape index (κ1) is 12.3. The lowest BCUT2D eigenvalue weighted by Gasteiger charge is -2.21. The quantitative estimate of drug-likeness (QED) is 0.754. The van der Waals surface area contributed by atoms with Gasteiger partial charge >= 0.3 is 0 Å². The Kier molecular flexibility index (Phi) is 3.93. The molecule has 0 fully saturated rings. The summed E-state index contributed by atoms with van der Waals surface area (Å²) in [7, 11) is 0. The molecule has 2 rings (SSSR count). The van der Waals surface area contributed by atoms with Crippen LogP contribution in [-0.2, 0) is 6.42 Å². The van der Waals surface area contributed by atoms with E-state index in [9.17, 15) is 4.39 Å². The Hall–Kier alpha value is -1.18. The molecule has 1 nitrogen and oxygen atoms in total. The zero-order valence-electron chi connectivity index (χ0n) is 10.6. The first-order valence-corrected chi connectivity index (χ1v) is 6.44. The Bertz CT molecular complexity index is 409. The van der Waals surface area contributed by atoms with E-state index in [1.165, 1.54) is 11.1 Å². The molecule has 0 spiro atoms. The minimum absolute atomic E-state index is 0.0660. The summed E-state index contributed by atoms with van der Waals surface area (Å²) in [5, 5.41) is 0. The standard InChI is InChI=1S/C15H20FN/c1-11(2)15-6-7-17-10-13(15)8-12-4-3-5-14(16)9-12/h5-7,10-12H,3-4,8-9H2,1-2H3. The van der Waals surface area contributed by atoms with Crippen molar-refractivity contribution in [1.29, 1.82) is 0 Å². The van der Waals surface area contributed by atoms with Crippen LogP contribution in [0.5, 0.6) is 0 Å². The van der Waals surface area contributed by atoms with Gasteiger partial charge in [0.15, 0.2) is 0 Å². The summed E-state index contributed by atoms with van der Waals surface area (Å²) in [4.78, 5) is 4.20. The minimum atomic E-state index is 0.0660. The molecule has 0 radical (unpaired) electrons. The molecular formula is C15H20FN. The maximum atomic E-state index is 13.2. The average molecular weight is 233 g/mol. The van der Waals surface area contributed by atoms with E-state index in [0.717, 1.165) is 19.3 Å². The summed E-state index contributed by atoms with van der Waals surface area (Å²) >= 11 is 0. The van der Waals surface area contributed by atoms with Gasteiger partial charge in [0.1, 0.15) is 0 Å².